The van der Waals surface area contributed by atoms with Gasteiger partial charge in [0.1, 0.15) is 17.5 Å². The van der Waals surface area contributed by atoms with Crippen molar-refractivity contribution in [3.8, 4) is 11.4 Å². The number of aryl methyl sites for hydroxylation is 3. The number of halogens is 1. The molecule has 32 heavy (non-hydrogen) atoms. The summed E-state index contributed by atoms with van der Waals surface area (Å²) in [7, 11) is 0. The maximum absolute atomic E-state index is 13.2. The van der Waals surface area contributed by atoms with Crippen molar-refractivity contribution in [1.29, 1.82) is 0 Å². The first-order valence-corrected chi connectivity index (χ1v) is 11.8. The van der Waals surface area contributed by atoms with Crippen LogP contribution in [0.4, 0.5) is 0 Å². The summed E-state index contributed by atoms with van der Waals surface area (Å²) >= 11 is 7.50. The highest BCUT2D eigenvalue weighted by Crippen LogP contribution is 2.38. The SMILES string of the molecule is Cc1cc(-c2ncc(Cl)cn2)cc(C)c1C1C(=O)CC(CC(=O)CCc2cccs2)C1=O. The third-order valence-corrected chi connectivity index (χ3v) is 7.05. The van der Waals surface area contributed by atoms with Gasteiger partial charge in [0.25, 0.3) is 0 Å². The fraction of sp³-hybridized carbons (Fsp3) is 0.320. The first-order valence-electron chi connectivity index (χ1n) is 10.5. The Morgan fingerprint density at radius 2 is 1.84 bits per heavy atom. The maximum atomic E-state index is 13.2. The van der Waals surface area contributed by atoms with Crippen LogP contribution < -0.4 is 0 Å². The van der Waals surface area contributed by atoms with E-state index in [2.05, 4.69) is 9.97 Å². The molecule has 0 N–H and O–H groups in total. The molecule has 164 valence electrons. The molecule has 1 aliphatic rings. The van der Waals surface area contributed by atoms with Crippen LogP contribution >= 0.6 is 22.9 Å². The molecule has 2 unspecified atom stereocenters. The molecule has 3 aromatic rings. The minimum absolute atomic E-state index is 0.0360. The molecule has 0 spiro atoms. The summed E-state index contributed by atoms with van der Waals surface area (Å²) in [5, 5.41) is 2.44. The van der Waals surface area contributed by atoms with E-state index in [-0.39, 0.29) is 30.2 Å². The van der Waals surface area contributed by atoms with E-state index in [0.717, 1.165) is 27.1 Å². The Morgan fingerprint density at radius 1 is 1.16 bits per heavy atom. The van der Waals surface area contributed by atoms with Gasteiger partial charge in [0.2, 0.25) is 0 Å². The van der Waals surface area contributed by atoms with Crippen LogP contribution in [-0.2, 0) is 20.8 Å². The van der Waals surface area contributed by atoms with Gasteiger partial charge in [-0.3, -0.25) is 14.4 Å². The average Bonchev–Trinajstić information content (AvgIpc) is 3.36. The molecule has 1 aromatic carbocycles. The van der Waals surface area contributed by atoms with E-state index in [1.54, 1.807) is 11.3 Å². The highest BCUT2D eigenvalue weighted by atomic mass is 35.5. The van der Waals surface area contributed by atoms with E-state index in [1.807, 2.05) is 43.5 Å². The molecule has 0 saturated heterocycles. The second-order valence-corrected chi connectivity index (χ2v) is 9.74. The third kappa shape index (κ3) is 4.71. The van der Waals surface area contributed by atoms with Crippen LogP contribution in [0.1, 0.15) is 46.7 Å². The Morgan fingerprint density at radius 3 is 2.47 bits per heavy atom. The Bertz CT molecular complexity index is 1150. The molecule has 7 heteroatoms. The fourth-order valence-corrected chi connectivity index (χ4v) is 5.25. The van der Waals surface area contributed by atoms with Crippen molar-refractivity contribution in [3.05, 3.63) is 68.6 Å². The van der Waals surface area contributed by atoms with Crippen molar-refractivity contribution >= 4 is 40.3 Å². The highest BCUT2D eigenvalue weighted by molar-refractivity contribution is 7.09. The Kier molecular flexibility index (Phi) is 6.63. The summed E-state index contributed by atoms with van der Waals surface area (Å²) in [6.07, 6.45) is 4.42. The molecule has 5 nitrogen and oxygen atoms in total. The molecule has 1 fully saturated rings. The lowest BCUT2D eigenvalue weighted by Crippen LogP contribution is -2.19. The van der Waals surface area contributed by atoms with Gasteiger partial charge in [0.15, 0.2) is 11.6 Å². The second kappa shape index (κ2) is 9.43. The van der Waals surface area contributed by atoms with E-state index >= 15 is 0 Å². The Balaban J connectivity index is 1.50. The third-order valence-electron chi connectivity index (χ3n) is 5.92. The van der Waals surface area contributed by atoms with Crippen molar-refractivity contribution in [2.45, 2.75) is 45.4 Å². The monoisotopic (exact) mass is 466 g/mol. The van der Waals surface area contributed by atoms with Crippen molar-refractivity contribution < 1.29 is 14.4 Å². The van der Waals surface area contributed by atoms with Gasteiger partial charge in [-0.2, -0.15) is 0 Å². The summed E-state index contributed by atoms with van der Waals surface area (Å²) in [5.74, 6) is -1.00. The first-order chi connectivity index (χ1) is 15.3. The number of thiophene rings is 1. The normalized spacial score (nSPS) is 18.3. The number of rotatable bonds is 7. The number of ketones is 3. The number of benzene rings is 1. The van der Waals surface area contributed by atoms with E-state index < -0.39 is 11.8 Å². The van der Waals surface area contributed by atoms with Crippen LogP contribution in [0.3, 0.4) is 0 Å². The topological polar surface area (TPSA) is 77.0 Å². The van der Waals surface area contributed by atoms with Crippen LogP contribution in [0, 0.1) is 19.8 Å². The van der Waals surface area contributed by atoms with Crippen LogP contribution in [0.5, 0.6) is 0 Å². The van der Waals surface area contributed by atoms with Gasteiger partial charge >= 0.3 is 0 Å². The molecule has 0 bridgehead atoms. The number of Topliss-reactive ketones (excluding diaryl/α,β-unsaturated/α-hetero) is 3. The van der Waals surface area contributed by atoms with Crippen molar-refractivity contribution in [3.63, 3.8) is 0 Å². The molecule has 1 saturated carbocycles. The zero-order valence-corrected chi connectivity index (χ0v) is 19.5. The molecule has 0 amide bonds. The number of nitrogens with zero attached hydrogens (tertiary/aromatic N) is 2. The Labute approximate surface area is 195 Å². The molecule has 4 rings (SSSR count). The van der Waals surface area contributed by atoms with E-state index in [9.17, 15) is 14.4 Å². The van der Waals surface area contributed by atoms with Crippen molar-refractivity contribution in [1.82, 2.24) is 9.97 Å². The van der Waals surface area contributed by atoms with E-state index in [1.165, 1.54) is 12.4 Å². The van der Waals surface area contributed by atoms with Gasteiger partial charge in [0, 0.05) is 48.0 Å². The molecule has 0 aliphatic heterocycles. The summed E-state index contributed by atoms with van der Waals surface area (Å²) in [5.41, 5.74) is 3.23. The summed E-state index contributed by atoms with van der Waals surface area (Å²) < 4.78 is 0. The number of aromatic nitrogens is 2. The van der Waals surface area contributed by atoms with Crippen molar-refractivity contribution in [2.75, 3.05) is 0 Å². The highest BCUT2D eigenvalue weighted by Gasteiger charge is 2.43. The fourth-order valence-electron chi connectivity index (χ4n) is 4.45. The molecule has 0 radical (unpaired) electrons. The molecule has 2 aromatic heterocycles. The predicted octanol–water partition coefficient (Wildman–Crippen LogP) is 5.31. The van der Waals surface area contributed by atoms with E-state index in [4.69, 9.17) is 11.6 Å². The van der Waals surface area contributed by atoms with Crippen LogP contribution in [0.15, 0.2) is 42.0 Å². The molecule has 1 aliphatic carbocycles. The average molecular weight is 467 g/mol. The quantitative estimate of drug-likeness (QED) is 0.441. The summed E-state index contributed by atoms with van der Waals surface area (Å²) in [6.45, 7) is 3.78. The van der Waals surface area contributed by atoms with Crippen LogP contribution in [0.25, 0.3) is 11.4 Å². The van der Waals surface area contributed by atoms with Gasteiger partial charge in [-0.05, 0) is 60.5 Å². The molecular formula is C25H23ClN2O3S. The summed E-state index contributed by atoms with van der Waals surface area (Å²) in [6, 6.07) is 7.75. The summed E-state index contributed by atoms with van der Waals surface area (Å²) in [4.78, 5) is 48.1. The molecular weight excluding hydrogens is 444 g/mol. The van der Waals surface area contributed by atoms with Crippen molar-refractivity contribution in [2.24, 2.45) is 5.92 Å². The van der Waals surface area contributed by atoms with E-state index in [0.29, 0.717) is 23.7 Å². The zero-order valence-electron chi connectivity index (χ0n) is 17.9. The lowest BCUT2D eigenvalue weighted by Gasteiger charge is -2.17. The van der Waals surface area contributed by atoms with Gasteiger partial charge in [-0.15, -0.1) is 11.3 Å². The first kappa shape index (κ1) is 22.5. The zero-order chi connectivity index (χ0) is 22.8. The lowest BCUT2D eigenvalue weighted by atomic mass is 9.85. The minimum Gasteiger partial charge on any atom is -0.300 e. The lowest BCUT2D eigenvalue weighted by molar-refractivity contribution is -0.127. The minimum atomic E-state index is -0.801. The number of hydrogen-bond donors (Lipinski definition) is 0. The van der Waals surface area contributed by atoms with Gasteiger partial charge in [-0.25, -0.2) is 9.97 Å². The molecule has 2 atom stereocenters. The molecule has 2 heterocycles. The number of carbonyl (C=O) groups excluding carboxylic acids is 3. The Hall–Kier alpha value is -2.70. The smallest absolute Gasteiger partial charge is 0.159 e. The van der Waals surface area contributed by atoms with Gasteiger partial charge < -0.3 is 0 Å². The largest absolute Gasteiger partial charge is 0.300 e. The predicted molar refractivity (Wildman–Crippen MR) is 125 cm³/mol. The standard InChI is InChI=1S/C25H23ClN2O3S/c1-14-8-17(25-27-12-18(26)13-28-25)9-15(2)22(14)23-21(30)11-16(24(23)31)10-19(29)5-6-20-4-3-7-32-20/h3-4,7-9,12-13,16,23H,5-6,10-11H2,1-2H3. The second-order valence-electron chi connectivity index (χ2n) is 8.27. The number of hydrogen-bond acceptors (Lipinski definition) is 6. The van der Waals surface area contributed by atoms with Crippen LogP contribution in [0.2, 0.25) is 5.02 Å². The van der Waals surface area contributed by atoms with Gasteiger partial charge in [-0.1, -0.05) is 17.7 Å². The van der Waals surface area contributed by atoms with Crippen LogP contribution in [-0.4, -0.2) is 27.3 Å². The number of carbonyl (C=O) groups is 3. The van der Waals surface area contributed by atoms with Gasteiger partial charge in [0.05, 0.1) is 5.02 Å². The maximum Gasteiger partial charge on any atom is 0.159 e.